The molecule has 0 aliphatic carbocycles. The smallest absolute Gasteiger partial charge is 0.0577 e. The molecule has 1 rings (SSSR count). The second-order valence-corrected chi connectivity index (χ2v) is 3.77. The van der Waals surface area contributed by atoms with Crippen LogP contribution in [0.4, 0.5) is 0 Å². The van der Waals surface area contributed by atoms with E-state index in [4.69, 9.17) is 11.5 Å². The highest BCUT2D eigenvalue weighted by molar-refractivity contribution is 5.01. The third-order valence-electron chi connectivity index (χ3n) is 2.11. The lowest BCUT2D eigenvalue weighted by Crippen LogP contribution is -2.46. The molecule has 0 atom stereocenters. The maximum Gasteiger partial charge on any atom is 0.0577 e. The highest BCUT2D eigenvalue weighted by Crippen LogP contribution is 2.21. The number of nitrogens with zero attached hydrogens (tertiary/aromatic N) is 1. The number of rotatable bonds is 3. The third kappa shape index (κ3) is 2.06. The Hall–Kier alpha value is -0.870. The topological polar surface area (TPSA) is 80.7 Å². The van der Waals surface area contributed by atoms with Crippen molar-refractivity contribution in [3.05, 3.63) is 18.0 Å². The minimum absolute atomic E-state index is 0.0907. The van der Waals surface area contributed by atoms with Gasteiger partial charge in [-0.1, -0.05) is 13.8 Å². The average molecular weight is 168 g/mol. The van der Waals surface area contributed by atoms with Crippen LogP contribution in [-0.4, -0.2) is 16.4 Å². The zero-order chi connectivity index (χ0) is 9.19. The zero-order valence-corrected chi connectivity index (χ0v) is 7.54. The first-order chi connectivity index (χ1) is 5.52. The Morgan fingerprint density at radius 1 is 1.58 bits per heavy atom. The van der Waals surface area contributed by atoms with Crippen LogP contribution in [0.15, 0.2) is 12.3 Å². The zero-order valence-electron chi connectivity index (χ0n) is 7.54. The SMILES string of the molecule is CC(C)(Cc1ccn[nH]1)C(N)N. The first-order valence-electron chi connectivity index (χ1n) is 4.02. The van der Waals surface area contributed by atoms with Gasteiger partial charge in [0.05, 0.1) is 6.17 Å². The van der Waals surface area contributed by atoms with Gasteiger partial charge in [0.15, 0.2) is 0 Å². The lowest BCUT2D eigenvalue weighted by molar-refractivity contribution is 0.286. The van der Waals surface area contributed by atoms with Crippen LogP contribution in [0, 0.1) is 5.41 Å². The fraction of sp³-hybridized carbons (Fsp3) is 0.625. The lowest BCUT2D eigenvalue weighted by Gasteiger charge is -2.27. The molecule has 0 radical (unpaired) electrons. The summed E-state index contributed by atoms with van der Waals surface area (Å²) in [5.41, 5.74) is 12.2. The van der Waals surface area contributed by atoms with Crippen molar-refractivity contribution >= 4 is 0 Å². The van der Waals surface area contributed by atoms with Crippen LogP contribution < -0.4 is 11.5 Å². The van der Waals surface area contributed by atoms with Gasteiger partial charge in [0, 0.05) is 11.9 Å². The van der Waals surface area contributed by atoms with Crippen molar-refractivity contribution in [1.29, 1.82) is 0 Å². The monoisotopic (exact) mass is 168 g/mol. The Balaban J connectivity index is 2.62. The predicted octanol–water partition coefficient (Wildman–Crippen LogP) is 0.222. The molecule has 0 aromatic carbocycles. The number of aromatic nitrogens is 2. The molecule has 68 valence electrons. The quantitative estimate of drug-likeness (QED) is 0.565. The van der Waals surface area contributed by atoms with Crippen molar-refractivity contribution in [2.24, 2.45) is 16.9 Å². The molecule has 4 nitrogen and oxygen atoms in total. The van der Waals surface area contributed by atoms with Gasteiger partial charge in [0.1, 0.15) is 0 Å². The van der Waals surface area contributed by atoms with Crippen LogP contribution in [0.2, 0.25) is 0 Å². The van der Waals surface area contributed by atoms with E-state index in [0.717, 1.165) is 12.1 Å². The molecule has 0 amide bonds. The Kier molecular flexibility index (Phi) is 2.49. The first-order valence-corrected chi connectivity index (χ1v) is 4.02. The number of H-pyrrole nitrogens is 1. The highest BCUT2D eigenvalue weighted by Gasteiger charge is 2.24. The molecule has 1 aromatic heterocycles. The Labute approximate surface area is 72.3 Å². The summed E-state index contributed by atoms with van der Waals surface area (Å²) < 4.78 is 0. The molecular weight excluding hydrogens is 152 g/mol. The van der Waals surface area contributed by atoms with E-state index in [0.29, 0.717) is 0 Å². The summed E-state index contributed by atoms with van der Waals surface area (Å²) in [5.74, 6) is 0. The normalized spacial score (nSPS) is 12.4. The molecule has 0 aliphatic heterocycles. The van der Waals surface area contributed by atoms with Gasteiger partial charge in [0.25, 0.3) is 0 Å². The van der Waals surface area contributed by atoms with Gasteiger partial charge in [-0.15, -0.1) is 0 Å². The Bertz CT molecular complexity index is 225. The number of hydrogen-bond acceptors (Lipinski definition) is 3. The van der Waals surface area contributed by atoms with E-state index in [1.165, 1.54) is 0 Å². The lowest BCUT2D eigenvalue weighted by atomic mass is 9.85. The standard InChI is InChI=1S/C8H16N4/c1-8(2,7(9)10)5-6-3-4-11-12-6/h3-4,7H,5,9-10H2,1-2H3,(H,11,12). The molecule has 1 heterocycles. The van der Waals surface area contributed by atoms with Crippen molar-refractivity contribution in [2.75, 3.05) is 0 Å². The van der Waals surface area contributed by atoms with Gasteiger partial charge in [-0.3, -0.25) is 5.10 Å². The molecule has 4 heteroatoms. The van der Waals surface area contributed by atoms with Gasteiger partial charge >= 0.3 is 0 Å². The van der Waals surface area contributed by atoms with Crippen molar-refractivity contribution in [1.82, 2.24) is 10.2 Å². The summed E-state index contributed by atoms with van der Waals surface area (Å²) in [6.45, 7) is 4.08. The number of nitrogens with two attached hydrogens (primary N) is 2. The van der Waals surface area contributed by atoms with Gasteiger partial charge in [-0.25, -0.2) is 0 Å². The van der Waals surface area contributed by atoms with E-state index in [1.807, 2.05) is 19.9 Å². The van der Waals surface area contributed by atoms with E-state index in [2.05, 4.69) is 10.2 Å². The van der Waals surface area contributed by atoms with E-state index < -0.39 is 0 Å². The number of hydrogen-bond donors (Lipinski definition) is 3. The minimum Gasteiger partial charge on any atom is -0.316 e. The van der Waals surface area contributed by atoms with Crippen LogP contribution in [-0.2, 0) is 6.42 Å². The first kappa shape index (κ1) is 9.22. The summed E-state index contributed by atoms with van der Waals surface area (Å²) in [7, 11) is 0. The molecule has 0 spiro atoms. The van der Waals surface area contributed by atoms with Crippen LogP contribution in [0.1, 0.15) is 19.5 Å². The van der Waals surface area contributed by atoms with E-state index in [9.17, 15) is 0 Å². The van der Waals surface area contributed by atoms with Crippen LogP contribution in [0.25, 0.3) is 0 Å². The summed E-state index contributed by atoms with van der Waals surface area (Å²) in [5, 5.41) is 6.75. The Morgan fingerprint density at radius 2 is 2.25 bits per heavy atom. The second-order valence-electron chi connectivity index (χ2n) is 3.77. The largest absolute Gasteiger partial charge is 0.316 e. The van der Waals surface area contributed by atoms with E-state index in [1.54, 1.807) is 6.20 Å². The average Bonchev–Trinajstić information content (AvgIpc) is 2.38. The van der Waals surface area contributed by atoms with Crippen molar-refractivity contribution in [3.63, 3.8) is 0 Å². The fourth-order valence-corrected chi connectivity index (χ4v) is 0.992. The molecule has 0 unspecified atom stereocenters. The van der Waals surface area contributed by atoms with Gasteiger partial charge in [-0.2, -0.15) is 5.10 Å². The van der Waals surface area contributed by atoms with Crippen molar-refractivity contribution < 1.29 is 0 Å². The van der Waals surface area contributed by atoms with Crippen LogP contribution in [0.3, 0.4) is 0 Å². The third-order valence-corrected chi connectivity index (χ3v) is 2.11. The highest BCUT2D eigenvalue weighted by atomic mass is 15.1. The predicted molar refractivity (Wildman–Crippen MR) is 48.2 cm³/mol. The summed E-state index contributed by atoms with van der Waals surface area (Å²) in [4.78, 5) is 0. The minimum atomic E-state index is -0.305. The molecule has 0 aliphatic rings. The summed E-state index contributed by atoms with van der Waals surface area (Å²) in [6.07, 6.45) is 2.25. The maximum atomic E-state index is 5.63. The van der Waals surface area contributed by atoms with Crippen LogP contribution >= 0.6 is 0 Å². The van der Waals surface area contributed by atoms with E-state index in [-0.39, 0.29) is 11.6 Å². The van der Waals surface area contributed by atoms with Gasteiger partial charge in [-0.05, 0) is 17.9 Å². The van der Waals surface area contributed by atoms with Crippen molar-refractivity contribution in [2.45, 2.75) is 26.4 Å². The van der Waals surface area contributed by atoms with Gasteiger partial charge in [0.2, 0.25) is 0 Å². The molecule has 1 aromatic rings. The molecular formula is C8H16N4. The van der Waals surface area contributed by atoms with Crippen molar-refractivity contribution in [3.8, 4) is 0 Å². The molecule has 0 bridgehead atoms. The molecule has 0 saturated carbocycles. The number of nitrogens with one attached hydrogen (secondary N) is 1. The molecule has 5 N–H and O–H groups in total. The summed E-state index contributed by atoms with van der Waals surface area (Å²) in [6, 6.07) is 1.93. The molecule has 0 saturated heterocycles. The fourth-order valence-electron chi connectivity index (χ4n) is 0.992. The molecule has 12 heavy (non-hydrogen) atoms. The van der Waals surface area contributed by atoms with E-state index >= 15 is 0 Å². The van der Waals surface area contributed by atoms with Crippen LogP contribution in [0.5, 0.6) is 0 Å². The summed E-state index contributed by atoms with van der Waals surface area (Å²) >= 11 is 0. The molecule has 0 fully saturated rings. The number of aromatic amines is 1. The van der Waals surface area contributed by atoms with Gasteiger partial charge < -0.3 is 11.5 Å². The maximum absolute atomic E-state index is 5.63. The Morgan fingerprint density at radius 3 is 2.67 bits per heavy atom. The second kappa shape index (κ2) is 3.25.